The first kappa shape index (κ1) is 29.5. The van der Waals surface area contributed by atoms with Crippen LogP contribution in [0.25, 0.3) is 0 Å². The highest BCUT2D eigenvalue weighted by Gasteiger charge is 2.36. The Kier molecular flexibility index (Phi) is 8.41. The summed E-state index contributed by atoms with van der Waals surface area (Å²) in [5.74, 6) is 2.00. The van der Waals surface area contributed by atoms with Crippen LogP contribution in [-0.2, 0) is 0 Å². The normalized spacial score (nSPS) is 22.0. The number of carbonyl (C=O) groups excluding carboxylic acids is 2. The van der Waals surface area contributed by atoms with Gasteiger partial charge >= 0.3 is 0 Å². The number of allylic oxidation sites excluding steroid dienone is 2. The zero-order valence-electron chi connectivity index (χ0n) is 25.7. The lowest BCUT2D eigenvalue weighted by molar-refractivity contribution is 0.0769. The molecule has 2 aromatic rings. The molecule has 44 heavy (non-hydrogen) atoms. The minimum Gasteiger partial charge on any atom is -0.493 e. The topological polar surface area (TPSA) is 102 Å². The van der Waals surface area contributed by atoms with Crippen molar-refractivity contribution in [2.75, 3.05) is 40.5 Å². The van der Waals surface area contributed by atoms with Crippen LogP contribution in [0, 0.1) is 0 Å². The number of carbonyl (C=O) groups is 2. The van der Waals surface area contributed by atoms with Gasteiger partial charge in [-0.15, -0.1) is 0 Å². The van der Waals surface area contributed by atoms with E-state index >= 15 is 0 Å². The van der Waals surface area contributed by atoms with Crippen molar-refractivity contribution in [2.45, 2.75) is 51.6 Å². The summed E-state index contributed by atoms with van der Waals surface area (Å²) in [5, 5.41) is 0. The molecule has 0 spiro atoms. The molecule has 2 amide bonds. The summed E-state index contributed by atoms with van der Waals surface area (Å²) in [4.78, 5) is 39.6. The van der Waals surface area contributed by atoms with Gasteiger partial charge in [0, 0.05) is 37.7 Å². The molecule has 2 fully saturated rings. The van der Waals surface area contributed by atoms with Gasteiger partial charge in [-0.2, -0.15) is 0 Å². The fourth-order valence-corrected chi connectivity index (χ4v) is 6.10. The fourth-order valence-electron chi connectivity index (χ4n) is 6.10. The first-order chi connectivity index (χ1) is 21.4. The Bertz CT molecular complexity index is 1470. The van der Waals surface area contributed by atoms with Crippen molar-refractivity contribution >= 4 is 35.6 Å². The predicted octanol–water partition coefficient (Wildman–Crippen LogP) is 5.70. The lowest BCUT2D eigenvalue weighted by atomic mass is 10.1. The lowest BCUT2D eigenvalue weighted by Crippen LogP contribution is -2.35. The van der Waals surface area contributed by atoms with Gasteiger partial charge in [-0.25, -0.2) is 0 Å². The minimum absolute atomic E-state index is 0.0363. The molecule has 6 rings (SSSR count). The average Bonchev–Trinajstić information content (AvgIpc) is 3.61. The standard InChI is InChI=1S/C34H38N4O6/c1-5-21-11-23-17-35-27-15-31(29(41-3)13-25(27)33(39)37(23)19-21)43-9-7-8-10-44-32-16-28-26(14-30(32)42-4)34(40)38-20-22(6-2)12-24(38)18-36-28/h5-6,13-18,23-24H,7-12,19-20H2,1-4H3/b21-5+,22-6+/t23-,24-/m0/s1. The molecule has 0 aromatic heterocycles. The maximum Gasteiger partial charge on any atom is 0.257 e. The molecule has 0 N–H and O–H groups in total. The Hall–Kier alpha value is -4.60. The van der Waals surface area contributed by atoms with Gasteiger partial charge < -0.3 is 28.7 Å². The first-order valence-corrected chi connectivity index (χ1v) is 15.1. The van der Waals surface area contributed by atoms with Crippen molar-refractivity contribution in [2.24, 2.45) is 9.98 Å². The number of aliphatic imine (C=N–C) groups is 2. The number of amides is 2. The Morgan fingerprint density at radius 2 is 1.14 bits per heavy atom. The summed E-state index contributed by atoms with van der Waals surface area (Å²) in [6.45, 7) is 6.10. The molecular formula is C34H38N4O6. The molecule has 2 aromatic carbocycles. The zero-order chi connectivity index (χ0) is 30.8. The number of rotatable bonds is 9. The van der Waals surface area contributed by atoms with E-state index in [9.17, 15) is 9.59 Å². The number of hydrogen-bond acceptors (Lipinski definition) is 8. The minimum atomic E-state index is -0.0483. The SMILES string of the molecule is C/C=C1\C[C@H]2C=Nc3cc(OCCCCOc4cc5c(cc4OC)C(=O)N4C/C(=C/C)C[C@H]4C=N5)c(OC)cc3C(=O)N2C1. The van der Waals surface area contributed by atoms with Gasteiger partial charge in [0.2, 0.25) is 0 Å². The fraction of sp³-hybridized carbons (Fsp3) is 0.412. The molecular weight excluding hydrogens is 560 g/mol. The summed E-state index contributed by atoms with van der Waals surface area (Å²) in [6, 6.07) is 6.95. The smallest absolute Gasteiger partial charge is 0.257 e. The van der Waals surface area contributed by atoms with Crippen molar-refractivity contribution in [3.63, 3.8) is 0 Å². The number of unbranched alkanes of at least 4 members (excludes halogenated alkanes) is 1. The molecule has 0 radical (unpaired) electrons. The van der Waals surface area contributed by atoms with Crippen molar-refractivity contribution < 1.29 is 28.5 Å². The van der Waals surface area contributed by atoms with E-state index in [1.165, 1.54) is 11.1 Å². The summed E-state index contributed by atoms with van der Waals surface area (Å²) in [6.07, 6.45) is 10.9. The van der Waals surface area contributed by atoms with Crippen LogP contribution < -0.4 is 18.9 Å². The highest BCUT2D eigenvalue weighted by atomic mass is 16.5. The van der Waals surface area contributed by atoms with Crippen LogP contribution in [0.5, 0.6) is 23.0 Å². The van der Waals surface area contributed by atoms with E-state index in [4.69, 9.17) is 18.9 Å². The highest BCUT2D eigenvalue weighted by molar-refractivity contribution is 6.04. The van der Waals surface area contributed by atoms with Gasteiger partial charge in [0.05, 0.1) is 62.0 Å². The first-order valence-electron chi connectivity index (χ1n) is 15.1. The molecule has 230 valence electrons. The van der Waals surface area contributed by atoms with Crippen LogP contribution in [0.4, 0.5) is 11.4 Å². The third kappa shape index (κ3) is 5.56. The molecule has 2 atom stereocenters. The van der Waals surface area contributed by atoms with E-state index < -0.39 is 0 Å². The van der Waals surface area contributed by atoms with Gasteiger partial charge in [-0.3, -0.25) is 19.6 Å². The maximum absolute atomic E-state index is 13.3. The van der Waals surface area contributed by atoms with Crippen molar-refractivity contribution in [1.82, 2.24) is 9.80 Å². The molecule has 0 bridgehead atoms. The Morgan fingerprint density at radius 3 is 1.52 bits per heavy atom. The monoisotopic (exact) mass is 598 g/mol. The molecule has 4 aliphatic rings. The van der Waals surface area contributed by atoms with Crippen LogP contribution in [0.2, 0.25) is 0 Å². The number of hydrogen-bond donors (Lipinski definition) is 0. The predicted molar refractivity (Wildman–Crippen MR) is 169 cm³/mol. The largest absolute Gasteiger partial charge is 0.493 e. The summed E-state index contributed by atoms with van der Waals surface area (Å²) >= 11 is 0. The van der Waals surface area contributed by atoms with E-state index in [1.807, 2.05) is 36.1 Å². The molecule has 4 aliphatic heterocycles. The summed E-state index contributed by atoms with van der Waals surface area (Å²) in [7, 11) is 3.14. The molecule has 4 heterocycles. The van der Waals surface area contributed by atoms with Crippen LogP contribution in [0.3, 0.4) is 0 Å². The lowest BCUT2D eigenvalue weighted by Gasteiger charge is -2.20. The van der Waals surface area contributed by atoms with Crippen LogP contribution >= 0.6 is 0 Å². The number of nitrogens with zero attached hydrogens (tertiary/aromatic N) is 4. The Labute approximate surface area is 257 Å². The summed E-state index contributed by atoms with van der Waals surface area (Å²) < 4.78 is 23.3. The number of benzene rings is 2. The van der Waals surface area contributed by atoms with Crippen LogP contribution in [-0.4, -0.2) is 86.6 Å². The van der Waals surface area contributed by atoms with Gasteiger partial charge in [-0.05, 0) is 51.7 Å². The third-order valence-corrected chi connectivity index (χ3v) is 8.68. The zero-order valence-corrected chi connectivity index (χ0v) is 25.7. The Balaban J connectivity index is 1.06. The molecule has 0 saturated carbocycles. The van der Waals surface area contributed by atoms with Crippen molar-refractivity contribution in [3.8, 4) is 23.0 Å². The second-order valence-corrected chi connectivity index (χ2v) is 11.3. The van der Waals surface area contributed by atoms with E-state index in [0.717, 1.165) is 25.7 Å². The van der Waals surface area contributed by atoms with Gasteiger partial charge in [-0.1, -0.05) is 23.3 Å². The number of fused-ring (bicyclic) bond motifs is 4. The molecule has 10 heteroatoms. The molecule has 0 aliphatic carbocycles. The molecule has 0 unspecified atom stereocenters. The maximum atomic E-state index is 13.3. The quantitative estimate of drug-likeness (QED) is 0.271. The van der Waals surface area contributed by atoms with E-state index in [0.29, 0.717) is 71.8 Å². The number of ether oxygens (including phenoxy) is 4. The van der Waals surface area contributed by atoms with Gasteiger partial charge in [0.15, 0.2) is 23.0 Å². The van der Waals surface area contributed by atoms with E-state index in [2.05, 4.69) is 22.1 Å². The van der Waals surface area contributed by atoms with Crippen LogP contribution in [0.15, 0.2) is 57.5 Å². The molecule has 2 saturated heterocycles. The van der Waals surface area contributed by atoms with Crippen LogP contribution in [0.1, 0.15) is 60.2 Å². The van der Waals surface area contributed by atoms with Gasteiger partial charge in [0.25, 0.3) is 11.8 Å². The summed E-state index contributed by atoms with van der Waals surface area (Å²) in [5.41, 5.74) is 4.68. The number of methoxy groups -OCH3 is 2. The van der Waals surface area contributed by atoms with Gasteiger partial charge in [0.1, 0.15) is 0 Å². The highest BCUT2D eigenvalue weighted by Crippen LogP contribution is 2.40. The average molecular weight is 599 g/mol. The molecule has 10 nitrogen and oxygen atoms in total. The van der Waals surface area contributed by atoms with E-state index in [-0.39, 0.29) is 23.9 Å². The van der Waals surface area contributed by atoms with Crippen molar-refractivity contribution in [1.29, 1.82) is 0 Å². The third-order valence-electron chi connectivity index (χ3n) is 8.68. The van der Waals surface area contributed by atoms with Crippen molar-refractivity contribution in [3.05, 3.63) is 58.7 Å². The Morgan fingerprint density at radius 1 is 0.705 bits per heavy atom. The second-order valence-electron chi connectivity index (χ2n) is 11.3. The van der Waals surface area contributed by atoms with E-state index in [1.54, 1.807) is 38.5 Å². The second kappa shape index (κ2) is 12.6.